The molecular weight excluding hydrogens is 246 g/mol. The van der Waals surface area contributed by atoms with Gasteiger partial charge in [0.2, 0.25) is 5.89 Å². The second-order valence-corrected chi connectivity index (χ2v) is 5.40. The molecule has 9 heteroatoms. The van der Waals surface area contributed by atoms with E-state index in [1.165, 1.54) is 12.3 Å². The maximum Gasteiger partial charge on any atom is 0.329 e. The van der Waals surface area contributed by atoms with Crippen LogP contribution in [0.4, 0.5) is 6.01 Å². The predicted octanol–water partition coefficient (Wildman–Crippen LogP) is 0.471. The fourth-order valence-electron chi connectivity index (χ4n) is 1.33. The summed E-state index contributed by atoms with van der Waals surface area (Å²) < 4.78 is 30.9. The Labute approximate surface area is 96.5 Å². The number of nitrogens with one attached hydrogen (secondary N) is 2. The average molecular weight is 255 g/mol. The zero-order valence-corrected chi connectivity index (χ0v) is 9.44. The number of sulfonamides is 1. The number of H-pyrrole nitrogens is 1. The first-order valence-corrected chi connectivity index (χ1v) is 6.49. The molecule has 2 aromatic heterocycles. The molecule has 2 heterocycles. The van der Waals surface area contributed by atoms with Gasteiger partial charge in [-0.25, -0.2) is 4.72 Å². The number of aromatic amines is 1. The summed E-state index contributed by atoms with van der Waals surface area (Å²) in [5.41, 5.74) is 0. The zero-order valence-electron chi connectivity index (χ0n) is 8.62. The summed E-state index contributed by atoms with van der Waals surface area (Å²) in [6.45, 7) is 0. The fraction of sp³-hybridized carbons (Fsp3) is 0.375. The van der Waals surface area contributed by atoms with Crippen LogP contribution in [0.3, 0.4) is 0 Å². The van der Waals surface area contributed by atoms with Gasteiger partial charge in [0.1, 0.15) is 0 Å². The van der Waals surface area contributed by atoms with E-state index in [1.54, 1.807) is 0 Å². The van der Waals surface area contributed by atoms with Crippen LogP contribution in [0.2, 0.25) is 0 Å². The Morgan fingerprint density at radius 2 is 2.24 bits per heavy atom. The summed E-state index contributed by atoms with van der Waals surface area (Å²) in [7, 11) is -3.73. The van der Waals surface area contributed by atoms with E-state index in [1.807, 2.05) is 0 Å². The molecule has 8 nitrogen and oxygen atoms in total. The number of aromatic nitrogens is 4. The maximum atomic E-state index is 11.7. The Balaban J connectivity index is 1.81. The molecule has 1 fully saturated rings. The minimum Gasteiger partial charge on any atom is -0.407 e. The number of rotatable bonds is 4. The van der Waals surface area contributed by atoms with Crippen molar-refractivity contribution in [2.45, 2.75) is 23.8 Å². The number of nitrogens with zero attached hydrogens (tertiary/aromatic N) is 3. The molecule has 90 valence electrons. The topological polar surface area (TPSA) is 114 Å². The smallest absolute Gasteiger partial charge is 0.329 e. The molecule has 17 heavy (non-hydrogen) atoms. The molecule has 0 atom stereocenters. The summed E-state index contributed by atoms with van der Waals surface area (Å²) >= 11 is 0. The summed E-state index contributed by atoms with van der Waals surface area (Å²) in [4.78, 5) is 0. The first-order chi connectivity index (χ1) is 8.15. The largest absolute Gasteiger partial charge is 0.407 e. The lowest BCUT2D eigenvalue weighted by molar-refractivity contribution is 0.510. The molecule has 0 aliphatic heterocycles. The minimum atomic E-state index is -3.73. The highest BCUT2D eigenvalue weighted by atomic mass is 32.2. The summed E-state index contributed by atoms with van der Waals surface area (Å²) in [5.74, 6) is 0.764. The molecule has 0 radical (unpaired) electrons. The predicted molar refractivity (Wildman–Crippen MR) is 55.7 cm³/mol. The first kappa shape index (κ1) is 10.3. The van der Waals surface area contributed by atoms with Crippen LogP contribution < -0.4 is 4.72 Å². The van der Waals surface area contributed by atoms with E-state index in [0.717, 1.165) is 12.8 Å². The second kappa shape index (κ2) is 3.55. The van der Waals surface area contributed by atoms with E-state index in [2.05, 4.69) is 25.1 Å². The quantitative estimate of drug-likeness (QED) is 0.820. The van der Waals surface area contributed by atoms with Gasteiger partial charge >= 0.3 is 6.01 Å². The van der Waals surface area contributed by atoms with Crippen LogP contribution >= 0.6 is 0 Å². The summed E-state index contributed by atoms with van der Waals surface area (Å²) in [6, 6.07) is 1.21. The molecule has 0 spiro atoms. The van der Waals surface area contributed by atoms with E-state index < -0.39 is 10.0 Å². The van der Waals surface area contributed by atoms with Gasteiger partial charge in [-0.05, 0) is 18.9 Å². The maximum absolute atomic E-state index is 11.7. The van der Waals surface area contributed by atoms with Gasteiger partial charge in [-0.15, -0.1) is 5.10 Å². The van der Waals surface area contributed by atoms with Gasteiger partial charge in [0.05, 0.1) is 6.20 Å². The average Bonchev–Trinajstić information content (AvgIpc) is 2.81. The Hall–Kier alpha value is -1.90. The highest BCUT2D eigenvalue weighted by Crippen LogP contribution is 2.39. The molecule has 0 saturated heterocycles. The van der Waals surface area contributed by atoms with Crippen molar-refractivity contribution >= 4 is 16.0 Å². The van der Waals surface area contributed by atoms with E-state index in [-0.39, 0.29) is 17.0 Å². The van der Waals surface area contributed by atoms with Gasteiger partial charge in [-0.1, -0.05) is 5.10 Å². The summed E-state index contributed by atoms with van der Waals surface area (Å²) in [6.07, 6.45) is 3.36. The van der Waals surface area contributed by atoms with Crippen molar-refractivity contribution in [1.82, 2.24) is 20.4 Å². The lowest BCUT2D eigenvalue weighted by atomic mass is 10.4. The number of anilines is 1. The van der Waals surface area contributed by atoms with Crippen LogP contribution in [0.25, 0.3) is 0 Å². The fourth-order valence-corrected chi connectivity index (χ4v) is 2.17. The third-order valence-corrected chi connectivity index (χ3v) is 3.60. The van der Waals surface area contributed by atoms with Gasteiger partial charge in [-0.3, -0.25) is 5.10 Å². The highest BCUT2D eigenvalue weighted by molar-refractivity contribution is 7.92. The van der Waals surface area contributed by atoms with Crippen LogP contribution in [0, 0.1) is 0 Å². The Kier molecular flexibility index (Phi) is 2.15. The van der Waals surface area contributed by atoms with Crippen molar-refractivity contribution in [2.75, 3.05) is 4.72 Å². The van der Waals surface area contributed by atoms with E-state index >= 15 is 0 Å². The second-order valence-electron chi connectivity index (χ2n) is 3.75. The zero-order chi connectivity index (χ0) is 11.9. The van der Waals surface area contributed by atoms with Gasteiger partial charge in [-0.2, -0.15) is 13.5 Å². The van der Waals surface area contributed by atoms with Crippen molar-refractivity contribution in [3.05, 3.63) is 18.2 Å². The van der Waals surface area contributed by atoms with Gasteiger partial charge < -0.3 is 4.42 Å². The molecule has 2 N–H and O–H groups in total. The van der Waals surface area contributed by atoms with Crippen molar-refractivity contribution < 1.29 is 12.8 Å². The van der Waals surface area contributed by atoms with Crippen LogP contribution in [0.5, 0.6) is 0 Å². The molecule has 1 aliphatic carbocycles. The van der Waals surface area contributed by atoms with Crippen LogP contribution in [0.1, 0.15) is 24.7 Å². The molecule has 0 unspecified atom stereocenters. The van der Waals surface area contributed by atoms with E-state index in [4.69, 9.17) is 4.42 Å². The molecule has 3 rings (SSSR count). The molecule has 0 aromatic carbocycles. The van der Waals surface area contributed by atoms with Gasteiger partial charge in [0.15, 0.2) is 5.03 Å². The summed E-state index contributed by atoms with van der Waals surface area (Å²) in [5, 5.41) is 13.3. The third-order valence-electron chi connectivity index (χ3n) is 2.35. The lowest BCUT2D eigenvalue weighted by Crippen LogP contribution is -2.13. The molecule has 0 bridgehead atoms. The van der Waals surface area contributed by atoms with E-state index in [9.17, 15) is 8.42 Å². The lowest BCUT2D eigenvalue weighted by Gasteiger charge is -1.99. The third kappa shape index (κ3) is 2.00. The normalized spacial score (nSPS) is 16.0. The van der Waals surface area contributed by atoms with Crippen LogP contribution in [-0.4, -0.2) is 28.8 Å². The molecule has 1 saturated carbocycles. The van der Waals surface area contributed by atoms with Crippen molar-refractivity contribution in [1.29, 1.82) is 0 Å². The highest BCUT2D eigenvalue weighted by Gasteiger charge is 2.30. The van der Waals surface area contributed by atoms with Gasteiger partial charge in [0, 0.05) is 5.92 Å². The minimum absolute atomic E-state index is 0.0522. The number of hydrogen-bond donors (Lipinski definition) is 2. The Bertz CT molecular complexity index is 613. The van der Waals surface area contributed by atoms with Crippen molar-refractivity contribution in [3.8, 4) is 0 Å². The Morgan fingerprint density at radius 3 is 2.88 bits per heavy atom. The molecule has 0 amide bonds. The number of hydrogen-bond acceptors (Lipinski definition) is 6. The van der Waals surface area contributed by atoms with E-state index in [0.29, 0.717) is 5.89 Å². The van der Waals surface area contributed by atoms with Crippen LogP contribution in [0.15, 0.2) is 21.7 Å². The molecular formula is C8H9N5O3S. The standard InChI is InChI=1S/C8H9N5O3S/c14-17(15,6-3-4-9-10-6)13-8-12-11-7(16-8)5-1-2-5/h3-5H,1-2H2,(H,9,10)(H,12,13). The molecule has 1 aliphatic rings. The monoisotopic (exact) mass is 255 g/mol. The SMILES string of the molecule is O=S(=O)(Nc1nnc(C2CC2)o1)c1ccn[nH]1. The Morgan fingerprint density at radius 1 is 1.41 bits per heavy atom. The van der Waals surface area contributed by atoms with Crippen molar-refractivity contribution in [3.63, 3.8) is 0 Å². The van der Waals surface area contributed by atoms with Crippen LogP contribution in [-0.2, 0) is 10.0 Å². The van der Waals surface area contributed by atoms with Gasteiger partial charge in [0.25, 0.3) is 10.0 Å². The molecule has 2 aromatic rings. The van der Waals surface area contributed by atoms with Crippen molar-refractivity contribution in [2.24, 2.45) is 0 Å². The first-order valence-electron chi connectivity index (χ1n) is 5.01.